The van der Waals surface area contributed by atoms with E-state index in [-0.39, 0.29) is 11.9 Å². The molecule has 0 aliphatic rings. The molecular weight excluding hydrogens is 220 g/mol. The van der Waals surface area contributed by atoms with Crippen LogP contribution in [0.15, 0.2) is 24.8 Å². The fourth-order valence-electron chi connectivity index (χ4n) is 0.628. The van der Waals surface area contributed by atoms with Gasteiger partial charge in [0.2, 0.25) is 0 Å². The molecule has 0 bridgehead atoms. The molecule has 17 heavy (non-hydrogen) atoms. The van der Waals surface area contributed by atoms with Gasteiger partial charge in [-0.2, -0.15) is 0 Å². The van der Waals surface area contributed by atoms with Crippen LogP contribution in [0, 0.1) is 5.92 Å². The van der Waals surface area contributed by atoms with Crippen LogP contribution in [-0.2, 0) is 19.1 Å². The first-order valence-corrected chi connectivity index (χ1v) is 5.38. The number of hydrogen-bond acceptors (Lipinski definition) is 4. The molecule has 0 fully saturated rings. The lowest BCUT2D eigenvalue weighted by Gasteiger charge is -2.03. The summed E-state index contributed by atoms with van der Waals surface area (Å²) >= 11 is 0. The predicted molar refractivity (Wildman–Crippen MR) is 67.4 cm³/mol. The molecule has 0 unspecified atom stereocenters. The van der Waals surface area contributed by atoms with Crippen molar-refractivity contribution >= 4 is 11.9 Å². The predicted octanol–water partition coefficient (Wildman–Crippen LogP) is 2.50. The van der Waals surface area contributed by atoms with Gasteiger partial charge in [-0.15, -0.1) is 0 Å². The van der Waals surface area contributed by atoms with Crippen LogP contribution in [0.2, 0.25) is 0 Å². The van der Waals surface area contributed by atoms with Crippen LogP contribution in [0.3, 0.4) is 0 Å². The van der Waals surface area contributed by atoms with E-state index in [2.05, 4.69) is 31.7 Å². The normalized spacial score (nSPS) is 8.76. The van der Waals surface area contributed by atoms with Gasteiger partial charge >= 0.3 is 11.9 Å². The average molecular weight is 242 g/mol. The summed E-state index contributed by atoms with van der Waals surface area (Å²) in [7, 11) is 1.33. The fourth-order valence-corrected chi connectivity index (χ4v) is 0.628. The summed E-state index contributed by atoms with van der Waals surface area (Å²) in [5, 5.41) is 0. The lowest BCUT2D eigenvalue weighted by Crippen LogP contribution is -2.03. The minimum Gasteiger partial charge on any atom is -0.466 e. The Morgan fingerprint density at radius 3 is 2.12 bits per heavy atom. The Morgan fingerprint density at radius 1 is 1.35 bits per heavy atom. The lowest BCUT2D eigenvalue weighted by molar-refractivity contribution is -0.138. The third kappa shape index (κ3) is 14.4. The van der Waals surface area contributed by atoms with Gasteiger partial charge in [0, 0.05) is 11.6 Å². The number of ether oxygens (including phenoxy) is 2. The highest BCUT2D eigenvalue weighted by Gasteiger charge is 1.96. The molecule has 0 heterocycles. The van der Waals surface area contributed by atoms with Crippen molar-refractivity contribution in [3.63, 3.8) is 0 Å². The highest BCUT2D eigenvalue weighted by atomic mass is 16.5. The fraction of sp³-hybridized carbons (Fsp3) is 0.538. The maximum Gasteiger partial charge on any atom is 0.332 e. The summed E-state index contributed by atoms with van der Waals surface area (Å²) in [6.07, 6.45) is 2.10. The van der Waals surface area contributed by atoms with Gasteiger partial charge in [-0.3, -0.25) is 0 Å². The molecule has 98 valence electrons. The second kappa shape index (κ2) is 10.9. The van der Waals surface area contributed by atoms with Crippen LogP contribution < -0.4 is 0 Å². The molecule has 0 N–H and O–H groups in total. The second-order valence-electron chi connectivity index (χ2n) is 3.83. The summed E-state index contributed by atoms with van der Waals surface area (Å²) in [6, 6.07) is 0. The first-order chi connectivity index (χ1) is 7.84. The molecule has 4 nitrogen and oxygen atoms in total. The van der Waals surface area contributed by atoms with E-state index in [0.717, 1.165) is 6.42 Å². The van der Waals surface area contributed by atoms with Crippen LogP contribution in [0.1, 0.15) is 27.2 Å². The quantitative estimate of drug-likeness (QED) is 0.549. The van der Waals surface area contributed by atoms with E-state index < -0.39 is 0 Å². The van der Waals surface area contributed by atoms with Crippen LogP contribution in [0.5, 0.6) is 0 Å². The Kier molecular flexibility index (Phi) is 11.4. The molecule has 0 spiro atoms. The molecule has 0 aromatic heterocycles. The number of carbonyl (C=O) groups is 2. The van der Waals surface area contributed by atoms with E-state index in [4.69, 9.17) is 4.74 Å². The molecular formula is C13H22O4. The van der Waals surface area contributed by atoms with Gasteiger partial charge in [0.15, 0.2) is 0 Å². The average Bonchev–Trinajstić information content (AvgIpc) is 2.27. The Hall–Kier alpha value is -1.58. The van der Waals surface area contributed by atoms with Crippen molar-refractivity contribution in [1.82, 2.24) is 0 Å². The van der Waals surface area contributed by atoms with E-state index >= 15 is 0 Å². The third-order valence-corrected chi connectivity index (χ3v) is 1.64. The van der Waals surface area contributed by atoms with Crippen LogP contribution >= 0.6 is 0 Å². The van der Waals surface area contributed by atoms with E-state index in [1.165, 1.54) is 13.2 Å². The molecule has 0 atom stereocenters. The number of carbonyl (C=O) groups excluding carboxylic acids is 2. The van der Waals surface area contributed by atoms with E-state index in [9.17, 15) is 9.59 Å². The number of methoxy groups -OCH3 is 1. The highest BCUT2D eigenvalue weighted by Crippen LogP contribution is 1.98. The zero-order chi connectivity index (χ0) is 13.8. The first kappa shape index (κ1) is 17.8. The van der Waals surface area contributed by atoms with Gasteiger partial charge in [0.1, 0.15) is 0 Å². The van der Waals surface area contributed by atoms with Crippen LogP contribution in [0.25, 0.3) is 0 Å². The maximum atomic E-state index is 10.5. The summed E-state index contributed by atoms with van der Waals surface area (Å²) < 4.78 is 9.02. The van der Waals surface area contributed by atoms with Crippen molar-refractivity contribution in [2.24, 2.45) is 5.92 Å². The molecule has 4 heteroatoms. The summed E-state index contributed by atoms with van der Waals surface area (Å²) in [4.78, 5) is 20.6. The van der Waals surface area contributed by atoms with Crippen molar-refractivity contribution in [1.29, 1.82) is 0 Å². The number of hydrogen-bond donors (Lipinski definition) is 0. The standard InChI is InChI=1S/C8H14O2.C5H8O2/c1-4-8(9)10-6-5-7(2)3;1-4(2)5(6)7-3/h4,7H,1,5-6H2,2-3H3;1H2,2-3H3. The maximum absolute atomic E-state index is 10.5. The second-order valence-corrected chi connectivity index (χ2v) is 3.83. The van der Waals surface area contributed by atoms with Gasteiger partial charge in [-0.25, -0.2) is 9.59 Å². The lowest BCUT2D eigenvalue weighted by atomic mass is 10.1. The van der Waals surface area contributed by atoms with Crippen molar-refractivity contribution in [2.75, 3.05) is 13.7 Å². The Morgan fingerprint density at radius 2 is 1.88 bits per heavy atom. The van der Waals surface area contributed by atoms with Crippen molar-refractivity contribution in [3.05, 3.63) is 24.8 Å². The topological polar surface area (TPSA) is 52.6 Å². The molecule has 0 rings (SSSR count). The number of rotatable bonds is 5. The van der Waals surface area contributed by atoms with Crippen molar-refractivity contribution in [3.8, 4) is 0 Å². The minimum absolute atomic E-state index is 0.333. The molecule has 0 amide bonds. The molecule has 0 radical (unpaired) electrons. The highest BCUT2D eigenvalue weighted by molar-refractivity contribution is 5.86. The summed E-state index contributed by atoms with van der Waals surface area (Å²) in [5.74, 6) is -0.0988. The molecule has 0 aliphatic carbocycles. The van der Waals surface area contributed by atoms with Gasteiger partial charge in [0.25, 0.3) is 0 Å². The van der Waals surface area contributed by atoms with E-state index in [0.29, 0.717) is 18.1 Å². The monoisotopic (exact) mass is 242 g/mol. The van der Waals surface area contributed by atoms with Gasteiger partial charge in [-0.05, 0) is 19.3 Å². The molecule has 0 aromatic rings. The smallest absolute Gasteiger partial charge is 0.332 e. The number of esters is 2. The Labute approximate surface area is 103 Å². The third-order valence-electron chi connectivity index (χ3n) is 1.64. The molecule has 0 saturated heterocycles. The SMILES string of the molecule is C=C(C)C(=O)OC.C=CC(=O)OCCC(C)C. The van der Waals surface area contributed by atoms with Gasteiger partial charge in [0.05, 0.1) is 13.7 Å². The minimum atomic E-state index is -0.347. The zero-order valence-electron chi connectivity index (χ0n) is 11.1. The molecule has 0 aromatic carbocycles. The van der Waals surface area contributed by atoms with Gasteiger partial charge in [-0.1, -0.05) is 27.0 Å². The Bertz CT molecular complexity index is 267. The van der Waals surface area contributed by atoms with Crippen molar-refractivity contribution in [2.45, 2.75) is 27.2 Å². The zero-order valence-corrected chi connectivity index (χ0v) is 11.1. The first-order valence-electron chi connectivity index (χ1n) is 5.38. The van der Waals surface area contributed by atoms with E-state index in [1.54, 1.807) is 6.92 Å². The van der Waals surface area contributed by atoms with Crippen molar-refractivity contribution < 1.29 is 19.1 Å². The van der Waals surface area contributed by atoms with Gasteiger partial charge < -0.3 is 9.47 Å². The van der Waals surface area contributed by atoms with Crippen LogP contribution in [-0.4, -0.2) is 25.7 Å². The largest absolute Gasteiger partial charge is 0.466 e. The molecule has 0 aliphatic heterocycles. The molecule has 0 saturated carbocycles. The van der Waals surface area contributed by atoms with Crippen LogP contribution in [0.4, 0.5) is 0 Å². The Balaban J connectivity index is 0. The summed E-state index contributed by atoms with van der Waals surface area (Å²) in [6.45, 7) is 12.9. The summed E-state index contributed by atoms with van der Waals surface area (Å²) in [5.41, 5.74) is 0.433. The van der Waals surface area contributed by atoms with E-state index in [1.807, 2.05) is 0 Å².